The molecule has 0 amide bonds. The molecule has 2 rings (SSSR count). The van der Waals surface area contributed by atoms with Crippen molar-refractivity contribution in [2.75, 3.05) is 26.7 Å². The van der Waals surface area contributed by atoms with Gasteiger partial charge < -0.3 is 15.7 Å². The molecule has 0 aromatic heterocycles. The molecule has 0 aliphatic carbocycles. The highest BCUT2D eigenvalue weighted by Crippen LogP contribution is 2.30. The lowest BCUT2D eigenvalue weighted by Crippen LogP contribution is -2.55. The molecule has 1 aliphatic rings. The molecule has 3 N–H and O–H groups in total. The fraction of sp³-hybridized carbons (Fsp3) is 0.600. The summed E-state index contributed by atoms with van der Waals surface area (Å²) in [7, 11) is 1.95. The average Bonchev–Trinajstić information content (AvgIpc) is 2.37. The van der Waals surface area contributed by atoms with Gasteiger partial charge in [-0.05, 0) is 23.9 Å². The maximum absolute atomic E-state index is 8.81. The maximum atomic E-state index is 8.81. The Morgan fingerprint density at radius 3 is 2.28 bits per heavy atom. The van der Waals surface area contributed by atoms with E-state index < -0.39 is 0 Å². The van der Waals surface area contributed by atoms with Crippen molar-refractivity contribution in [1.82, 2.24) is 10.6 Å². The van der Waals surface area contributed by atoms with Crippen molar-refractivity contribution in [2.24, 2.45) is 11.3 Å². The van der Waals surface area contributed by atoms with Gasteiger partial charge in [-0.25, -0.2) is 0 Å². The lowest BCUT2D eigenvalue weighted by atomic mass is 9.74. The van der Waals surface area contributed by atoms with E-state index in [1.54, 1.807) is 0 Å². The number of benzene rings is 1. The molecule has 0 radical (unpaired) electrons. The fourth-order valence-corrected chi connectivity index (χ4v) is 1.89. The summed E-state index contributed by atoms with van der Waals surface area (Å²) in [5.41, 5.74) is 1.70. The summed E-state index contributed by atoms with van der Waals surface area (Å²) >= 11 is 0. The predicted octanol–water partition coefficient (Wildman–Crippen LogP) is 1.63. The Balaban J connectivity index is 0.000000180. The van der Waals surface area contributed by atoms with Gasteiger partial charge in [-0.2, -0.15) is 0 Å². The molecule has 18 heavy (non-hydrogen) atoms. The third-order valence-corrected chi connectivity index (χ3v) is 3.74. The molecule has 102 valence electrons. The van der Waals surface area contributed by atoms with Crippen LogP contribution in [0, 0.1) is 11.3 Å². The minimum Gasteiger partial charge on any atom is -0.396 e. The molecule has 0 spiro atoms. The van der Waals surface area contributed by atoms with Crippen LogP contribution < -0.4 is 10.6 Å². The predicted molar refractivity (Wildman–Crippen MR) is 76.4 cm³/mol. The van der Waals surface area contributed by atoms with Gasteiger partial charge in [-0.15, -0.1) is 0 Å². The summed E-state index contributed by atoms with van der Waals surface area (Å²) in [6, 6.07) is 10.3. The van der Waals surface area contributed by atoms with Crippen LogP contribution in [0.4, 0.5) is 0 Å². The summed E-state index contributed by atoms with van der Waals surface area (Å²) in [6.45, 7) is 7.72. The summed E-state index contributed by atoms with van der Waals surface area (Å²) in [6.07, 6.45) is 0. The Labute approximate surface area is 111 Å². The van der Waals surface area contributed by atoms with Crippen LogP contribution in [0.25, 0.3) is 0 Å². The van der Waals surface area contributed by atoms with E-state index in [0.29, 0.717) is 17.9 Å². The van der Waals surface area contributed by atoms with E-state index in [1.807, 2.05) is 25.2 Å². The highest BCUT2D eigenvalue weighted by atomic mass is 16.3. The second kappa shape index (κ2) is 7.52. The largest absolute Gasteiger partial charge is 0.396 e. The highest BCUT2D eigenvalue weighted by Gasteiger charge is 2.36. The van der Waals surface area contributed by atoms with Gasteiger partial charge in [-0.1, -0.05) is 44.2 Å². The Morgan fingerprint density at radius 1 is 1.33 bits per heavy atom. The Morgan fingerprint density at radius 2 is 1.94 bits per heavy atom. The second-order valence-corrected chi connectivity index (χ2v) is 5.36. The van der Waals surface area contributed by atoms with Gasteiger partial charge in [0.25, 0.3) is 0 Å². The zero-order valence-corrected chi connectivity index (χ0v) is 11.7. The zero-order valence-electron chi connectivity index (χ0n) is 11.7. The van der Waals surface area contributed by atoms with Crippen molar-refractivity contribution in [1.29, 1.82) is 0 Å². The Bertz CT molecular complexity index is 323. The number of rotatable bonds is 4. The lowest BCUT2D eigenvalue weighted by molar-refractivity contribution is 0.0646. The van der Waals surface area contributed by atoms with E-state index in [-0.39, 0.29) is 0 Å². The first-order chi connectivity index (χ1) is 8.62. The first-order valence-corrected chi connectivity index (χ1v) is 6.62. The molecule has 1 aromatic rings. The van der Waals surface area contributed by atoms with Gasteiger partial charge in [0.05, 0.1) is 0 Å². The number of aliphatic hydroxyl groups is 1. The highest BCUT2D eigenvalue weighted by molar-refractivity contribution is 5.13. The number of hydrogen-bond donors (Lipinski definition) is 3. The number of hydrogen-bond acceptors (Lipinski definition) is 3. The van der Waals surface area contributed by atoms with Crippen LogP contribution in [0.3, 0.4) is 0 Å². The normalized spacial score (nSPS) is 18.2. The van der Waals surface area contributed by atoms with E-state index in [2.05, 4.69) is 36.6 Å². The molecule has 3 heteroatoms. The molecule has 3 nitrogen and oxygen atoms in total. The molecular weight excluding hydrogens is 224 g/mol. The molecule has 0 saturated carbocycles. The van der Waals surface area contributed by atoms with Crippen LogP contribution in [0.5, 0.6) is 0 Å². The summed E-state index contributed by atoms with van der Waals surface area (Å²) in [5, 5.41) is 15.1. The Hall–Kier alpha value is -0.900. The van der Waals surface area contributed by atoms with Gasteiger partial charge in [0.1, 0.15) is 0 Å². The van der Waals surface area contributed by atoms with Crippen LogP contribution in [0.1, 0.15) is 19.4 Å². The standard InChI is InChI=1S/C8H11N.C7H15NO/c1-9-7-8-5-3-2-4-6-8;1-6(3-9)7(2)4-8-5-7/h2-6,9H,7H2,1H3;6,8-9H,3-5H2,1-2H3/t;6-/m.0/s1. The minimum atomic E-state index is 0.318. The zero-order chi connectivity index (χ0) is 13.4. The molecule has 1 fully saturated rings. The van der Waals surface area contributed by atoms with Crippen molar-refractivity contribution in [2.45, 2.75) is 20.4 Å². The van der Waals surface area contributed by atoms with Gasteiger partial charge >= 0.3 is 0 Å². The van der Waals surface area contributed by atoms with E-state index in [4.69, 9.17) is 5.11 Å². The van der Waals surface area contributed by atoms with Gasteiger partial charge in [-0.3, -0.25) is 0 Å². The van der Waals surface area contributed by atoms with E-state index in [0.717, 1.165) is 19.6 Å². The summed E-state index contributed by atoms with van der Waals surface area (Å²) in [5.74, 6) is 0.443. The third kappa shape index (κ3) is 4.41. The van der Waals surface area contributed by atoms with Gasteiger partial charge in [0, 0.05) is 26.2 Å². The first kappa shape index (κ1) is 15.2. The minimum absolute atomic E-state index is 0.318. The summed E-state index contributed by atoms with van der Waals surface area (Å²) in [4.78, 5) is 0. The van der Waals surface area contributed by atoms with Crippen molar-refractivity contribution >= 4 is 0 Å². The Kier molecular flexibility index (Phi) is 6.33. The van der Waals surface area contributed by atoms with Crippen molar-refractivity contribution in [3.8, 4) is 0 Å². The number of aliphatic hydroxyl groups excluding tert-OH is 1. The topological polar surface area (TPSA) is 44.3 Å². The van der Waals surface area contributed by atoms with Crippen LogP contribution in [-0.4, -0.2) is 31.9 Å². The van der Waals surface area contributed by atoms with Crippen molar-refractivity contribution < 1.29 is 5.11 Å². The summed E-state index contributed by atoms with van der Waals surface area (Å²) < 4.78 is 0. The molecule has 0 bridgehead atoms. The smallest absolute Gasteiger partial charge is 0.0462 e. The molecule has 1 saturated heterocycles. The average molecular weight is 250 g/mol. The SMILES string of the molecule is CNCc1ccccc1.C[C@@H](CO)C1(C)CNC1. The van der Waals surface area contributed by atoms with Gasteiger partial charge in [0.2, 0.25) is 0 Å². The third-order valence-electron chi connectivity index (χ3n) is 3.74. The van der Waals surface area contributed by atoms with Crippen LogP contribution >= 0.6 is 0 Å². The van der Waals surface area contributed by atoms with E-state index in [9.17, 15) is 0 Å². The van der Waals surface area contributed by atoms with Crippen LogP contribution in [0.2, 0.25) is 0 Å². The molecule has 1 aromatic carbocycles. The van der Waals surface area contributed by atoms with E-state index in [1.165, 1.54) is 5.56 Å². The second-order valence-electron chi connectivity index (χ2n) is 5.36. The van der Waals surface area contributed by atoms with E-state index >= 15 is 0 Å². The first-order valence-electron chi connectivity index (χ1n) is 6.62. The molecule has 1 heterocycles. The monoisotopic (exact) mass is 250 g/mol. The van der Waals surface area contributed by atoms with Crippen molar-refractivity contribution in [3.63, 3.8) is 0 Å². The van der Waals surface area contributed by atoms with Crippen LogP contribution in [0.15, 0.2) is 30.3 Å². The molecule has 0 unspecified atom stereocenters. The fourth-order valence-electron chi connectivity index (χ4n) is 1.89. The number of nitrogens with one attached hydrogen (secondary N) is 2. The van der Waals surface area contributed by atoms with Crippen LogP contribution in [-0.2, 0) is 6.54 Å². The quantitative estimate of drug-likeness (QED) is 0.761. The lowest BCUT2D eigenvalue weighted by Gasteiger charge is -2.43. The maximum Gasteiger partial charge on any atom is 0.0462 e. The molecular formula is C15H26N2O. The van der Waals surface area contributed by atoms with Crippen molar-refractivity contribution in [3.05, 3.63) is 35.9 Å². The van der Waals surface area contributed by atoms with Gasteiger partial charge in [0.15, 0.2) is 0 Å². The molecule has 1 aliphatic heterocycles. The molecule has 1 atom stereocenters.